The quantitative estimate of drug-likeness (QED) is 0.789. The van der Waals surface area contributed by atoms with Crippen molar-refractivity contribution in [2.24, 2.45) is 0 Å². The second-order valence-corrected chi connectivity index (χ2v) is 7.13. The van der Waals surface area contributed by atoms with Gasteiger partial charge in [0.2, 0.25) is 5.91 Å². The number of carboxylic acid groups (broad SMARTS) is 1. The summed E-state index contributed by atoms with van der Waals surface area (Å²) in [5.74, 6) is -1.21. The normalized spacial score (nSPS) is 11.1. The molecule has 0 spiro atoms. The molecule has 24 heavy (non-hydrogen) atoms. The number of hydrogen-bond acceptors (Lipinski definition) is 2. The third kappa shape index (κ3) is 4.45. The minimum absolute atomic E-state index is 0.0501. The summed E-state index contributed by atoms with van der Waals surface area (Å²) in [5.41, 5.74) is 1.54. The molecule has 0 aliphatic carbocycles. The molecule has 0 aromatic heterocycles. The molecule has 2 N–H and O–H groups in total. The molecular formula is C19H20BrNO3. The molecule has 0 radical (unpaired) electrons. The summed E-state index contributed by atoms with van der Waals surface area (Å²) >= 11 is 3.54. The van der Waals surface area contributed by atoms with Crippen molar-refractivity contribution in [3.8, 4) is 0 Å². The molecule has 2 aromatic carbocycles. The Morgan fingerprint density at radius 1 is 1.08 bits per heavy atom. The van der Waals surface area contributed by atoms with Crippen LogP contribution in [0.4, 0.5) is 0 Å². The average molecular weight is 390 g/mol. The van der Waals surface area contributed by atoms with Crippen molar-refractivity contribution in [2.75, 3.05) is 6.54 Å². The van der Waals surface area contributed by atoms with E-state index in [1.165, 1.54) is 6.07 Å². The molecule has 2 rings (SSSR count). The highest BCUT2D eigenvalue weighted by Crippen LogP contribution is 2.29. The van der Waals surface area contributed by atoms with Crippen LogP contribution in [0.2, 0.25) is 0 Å². The first-order chi connectivity index (χ1) is 11.3. The molecule has 0 aliphatic heterocycles. The molecular weight excluding hydrogens is 370 g/mol. The maximum Gasteiger partial charge on any atom is 0.335 e. The molecule has 2 aromatic rings. The Kier molecular flexibility index (Phi) is 5.78. The molecule has 0 atom stereocenters. The van der Waals surface area contributed by atoms with Gasteiger partial charge in [-0.05, 0) is 23.3 Å². The van der Waals surface area contributed by atoms with Crippen LogP contribution in [0.25, 0.3) is 0 Å². The summed E-state index contributed by atoms with van der Waals surface area (Å²) in [6.07, 6.45) is 0.0501. The summed E-state index contributed by atoms with van der Waals surface area (Å²) in [6, 6.07) is 14.5. The van der Waals surface area contributed by atoms with Gasteiger partial charge in [0.25, 0.3) is 0 Å². The van der Waals surface area contributed by atoms with E-state index >= 15 is 0 Å². The van der Waals surface area contributed by atoms with E-state index in [-0.39, 0.29) is 23.3 Å². The molecule has 0 saturated carbocycles. The van der Waals surface area contributed by atoms with Crippen molar-refractivity contribution in [3.05, 3.63) is 69.7 Å². The van der Waals surface area contributed by atoms with Crippen LogP contribution >= 0.6 is 15.9 Å². The highest BCUT2D eigenvalue weighted by atomic mass is 79.9. The number of carboxylic acids is 1. The van der Waals surface area contributed by atoms with Crippen LogP contribution in [0.5, 0.6) is 0 Å². The lowest BCUT2D eigenvalue weighted by Gasteiger charge is -2.27. The largest absolute Gasteiger partial charge is 0.478 e. The Labute approximate surface area is 150 Å². The third-order valence-electron chi connectivity index (χ3n) is 3.93. The molecule has 0 fully saturated rings. The van der Waals surface area contributed by atoms with Crippen LogP contribution < -0.4 is 5.32 Å². The number of rotatable bonds is 6. The molecule has 0 unspecified atom stereocenters. The number of amides is 1. The zero-order valence-electron chi connectivity index (χ0n) is 13.7. The van der Waals surface area contributed by atoms with Crippen LogP contribution in [0.3, 0.4) is 0 Å². The maximum atomic E-state index is 12.2. The van der Waals surface area contributed by atoms with Crippen molar-refractivity contribution in [1.29, 1.82) is 0 Å². The Bertz CT molecular complexity index is 756. The molecule has 126 valence electrons. The van der Waals surface area contributed by atoms with E-state index in [1.54, 1.807) is 18.2 Å². The molecule has 4 nitrogen and oxygen atoms in total. The van der Waals surface area contributed by atoms with Crippen molar-refractivity contribution < 1.29 is 14.7 Å². The Balaban J connectivity index is 2.04. The number of aromatic carboxylic acids is 1. The van der Waals surface area contributed by atoms with Crippen LogP contribution in [0, 0.1) is 0 Å². The summed E-state index contributed by atoms with van der Waals surface area (Å²) in [6.45, 7) is 4.57. The second kappa shape index (κ2) is 7.62. The van der Waals surface area contributed by atoms with Crippen molar-refractivity contribution in [1.82, 2.24) is 5.32 Å². The lowest BCUT2D eigenvalue weighted by Crippen LogP contribution is -2.37. The van der Waals surface area contributed by atoms with Crippen LogP contribution in [-0.2, 0) is 16.6 Å². The second-order valence-electron chi connectivity index (χ2n) is 6.28. The van der Waals surface area contributed by atoms with Crippen molar-refractivity contribution in [2.45, 2.75) is 25.7 Å². The van der Waals surface area contributed by atoms with E-state index in [1.807, 2.05) is 24.3 Å². The van der Waals surface area contributed by atoms with Gasteiger partial charge in [0.05, 0.1) is 12.0 Å². The zero-order chi connectivity index (χ0) is 17.7. The third-order valence-corrected chi connectivity index (χ3v) is 4.62. The van der Waals surface area contributed by atoms with Gasteiger partial charge in [0.15, 0.2) is 0 Å². The van der Waals surface area contributed by atoms with Gasteiger partial charge in [-0.25, -0.2) is 4.79 Å². The van der Waals surface area contributed by atoms with Gasteiger partial charge in [-0.15, -0.1) is 0 Å². The average Bonchev–Trinajstić information content (AvgIpc) is 2.53. The van der Waals surface area contributed by atoms with Crippen LogP contribution in [0.15, 0.2) is 53.0 Å². The standard InChI is InChI=1S/C19H20BrNO3/c1-19(2,15-9-5-6-10-16(15)20)12-21-17(22)11-13-7-3-4-8-14(13)18(23)24/h3-10H,11-12H2,1-2H3,(H,21,22)(H,23,24). The van der Waals surface area contributed by atoms with E-state index in [4.69, 9.17) is 0 Å². The number of benzene rings is 2. The number of carbonyl (C=O) groups is 2. The Morgan fingerprint density at radius 2 is 1.71 bits per heavy atom. The number of nitrogens with one attached hydrogen (secondary N) is 1. The molecule has 1 amide bonds. The zero-order valence-corrected chi connectivity index (χ0v) is 15.3. The molecule has 0 bridgehead atoms. The van der Waals surface area contributed by atoms with Crippen LogP contribution in [0.1, 0.15) is 35.3 Å². The van der Waals surface area contributed by atoms with Gasteiger partial charge in [0.1, 0.15) is 0 Å². The first-order valence-electron chi connectivity index (χ1n) is 7.64. The predicted octanol–water partition coefficient (Wildman–Crippen LogP) is 3.78. The minimum Gasteiger partial charge on any atom is -0.478 e. The van der Waals surface area contributed by atoms with E-state index in [0.717, 1.165) is 10.0 Å². The minimum atomic E-state index is -1.02. The van der Waals surface area contributed by atoms with E-state index < -0.39 is 5.97 Å². The fourth-order valence-electron chi connectivity index (χ4n) is 2.54. The number of halogens is 1. The fraction of sp³-hybridized carbons (Fsp3) is 0.263. The molecule has 0 saturated heterocycles. The molecule has 5 heteroatoms. The molecule has 0 aliphatic rings. The van der Waals surface area contributed by atoms with E-state index in [0.29, 0.717) is 12.1 Å². The first-order valence-corrected chi connectivity index (χ1v) is 8.43. The maximum absolute atomic E-state index is 12.2. The van der Waals surface area contributed by atoms with Gasteiger partial charge in [-0.3, -0.25) is 4.79 Å². The SMILES string of the molecule is CC(C)(CNC(=O)Cc1ccccc1C(=O)O)c1ccccc1Br. The lowest BCUT2D eigenvalue weighted by atomic mass is 9.84. The predicted molar refractivity (Wildman–Crippen MR) is 97.3 cm³/mol. The van der Waals surface area contributed by atoms with Gasteiger partial charge >= 0.3 is 5.97 Å². The van der Waals surface area contributed by atoms with Gasteiger partial charge in [-0.2, -0.15) is 0 Å². The Morgan fingerprint density at radius 3 is 2.38 bits per heavy atom. The van der Waals surface area contributed by atoms with Gasteiger partial charge in [-0.1, -0.05) is 66.2 Å². The highest BCUT2D eigenvalue weighted by Gasteiger charge is 2.23. The highest BCUT2D eigenvalue weighted by molar-refractivity contribution is 9.10. The van der Waals surface area contributed by atoms with Crippen LogP contribution in [-0.4, -0.2) is 23.5 Å². The topological polar surface area (TPSA) is 66.4 Å². The summed E-state index contributed by atoms with van der Waals surface area (Å²) < 4.78 is 1.00. The summed E-state index contributed by atoms with van der Waals surface area (Å²) in [5, 5.41) is 12.1. The lowest BCUT2D eigenvalue weighted by molar-refractivity contribution is -0.120. The van der Waals surface area contributed by atoms with Crippen molar-refractivity contribution in [3.63, 3.8) is 0 Å². The number of carbonyl (C=O) groups excluding carboxylic acids is 1. The monoisotopic (exact) mass is 389 g/mol. The summed E-state index contributed by atoms with van der Waals surface area (Å²) in [4.78, 5) is 23.4. The van der Waals surface area contributed by atoms with Gasteiger partial charge < -0.3 is 10.4 Å². The van der Waals surface area contributed by atoms with Crippen molar-refractivity contribution >= 4 is 27.8 Å². The number of hydrogen-bond donors (Lipinski definition) is 2. The van der Waals surface area contributed by atoms with E-state index in [2.05, 4.69) is 35.1 Å². The fourth-order valence-corrected chi connectivity index (χ4v) is 3.36. The molecule has 0 heterocycles. The summed E-state index contributed by atoms with van der Waals surface area (Å²) in [7, 11) is 0. The Hall–Kier alpha value is -2.14. The van der Waals surface area contributed by atoms with Gasteiger partial charge in [0, 0.05) is 16.4 Å². The van der Waals surface area contributed by atoms with E-state index in [9.17, 15) is 14.7 Å². The first kappa shape index (κ1) is 18.2. The smallest absolute Gasteiger partial charge is 0.335 e.